The molecule has 5 heteroatoms. The van der Waals surface area contributed by atoms with Crippen LogP contribution in [0.3, 0.4) is 0 Å². The summed E-state index contributed by atoms with van der Waals surface area (Å²) in [6, 6.07) is 5.85. The highest BCUT2D eigenvalue weighted by Crippen LogP contribution is 2.29. The number of amidine groups is 1. The van der Waals surface area contributed by atoms with Crippen molar-refractivity contribution < 1.29 is 9.94 Å². The van der Waals surface area contributed by atoms with Gasteiger partial charge in [0.25, 0.3) is 0 Å². The van der Waals surface area contributed by atoms with Gasteiger partial charge in [0, 0.05) is 5.75 Å². The predicted octanol–water partition coefficient (Wildman–Crippen LogP) is 3.21. The van der Waals surface area contributed by atoms with Crippen molar-refractivity contribution in [2.24, 2.45) is 16.8 Å². The molecule has 0 bridgehead atoms. The maximum Gasteiger partial charge on any atom is 0.173 e. The van der Waals surface area contributed by atoms with Crippen molar-refractivity contribution in [2.75, 3.05) is 12.9 Å². The standard InChI is InChI=1S/C15H22N2O2S/c1-19-14-7-6-12(8-13(14)15(16)17-18)10-20-9-11-4-2-3-5-11/h6-8,11,18H,2-5,9-10H2,1H3,(H2,16,17). The zero-order valence-electron chi connectivity index (χ0n) is 11.8. The zero-order valence-corrected chi connectivity index (χ0v) is 12.7. The Balaban J connectivity index is 1.97. The lowest BCUT2D eigenvalue weighted by Gasteiger charge is -2.11. The predicted molar refractivity (Wildman–Crippen MR) is 83.6 cm³/mol. The quantitative estimate of drug-likeness (QED) is 0.366. The van der Waals surface area contributed by atoms with Crippen LogP contribution in [0.15, 0.2) is 23.4 Å². The smallest absolute Gasteiger partial charge is 0.173 e. The Morgan fingerprint density at radius 2 is 2.20 bits per heavy atom. The molecule has 1 aliphatic carbocycles. The summed E-state index contributed by atoms with van der Waals surface area (Å²) >= 11 is 1.96. The first-order valence-corrected chi connectivity index (χ1v) is 8.12. The lowest BCUT2D eigenvalue weighted by atomic mass is 10.1. The first-order valence-electron chi connectivity index (χ1n) is 6.97. The van der Waals surface area contributed by atoms with Crippen LogP contribution in [0.25, 0.3) is 0 Å². The van der Waals surface area contributed by atoms with E-state index in [9.17, 15) is 0 Å². The van der Waals surface area contributed by atoms with Gasteiger partial charge in [0.05, 0.1) is 12.7 Å². The van der Waals surface area contributed by atoms with E-state index in [1.807, 2.05) is 30.0 Å². The molecule has 0 unspecified atom stereocenters. The molecule has 0 aliphatic heterocycles. The number of thioether (sulfide) groups is 1. The Kier molecular flexibility index (Phi) is 5.59. The van der Waals surface area contributed by atoms with Crippen LogP contribution in [0.4, 0.5) is 0 Å². The van der Waals surface area contributed by atoms with E-state index in [-0.39, 0.29) is 5.84 Å². The van der Waals surface area contributed by atoms with E-state index in [1.54, 1.807) is 7.11 Å². The fourth-order valence-corrected chi connectivity index (χ4v) is 3.82. The maximum atomic E-state index is 8.82. The third-order valence-corrected chi connectivity index (χ3v) is 4.99. The summed E-state index contributed by atoms with van der Waals surface area (Å²) < 4.78 is 5.23. The molecule has 0 heterocycles. The molecular formula is C15H22N2O2S. The Bertz CT molecular complexity index is 471. The summed E-state index contributed by atoms with van der Waals surface area (Å²) in [6.45, 7) is 0. The summed E-state index contributed by atoms with van der Waals surface area (Å²) in [6.07, 6.45) is 5.54. The molecule has 20 heavy (non-hydrogen) atoms. The molecule has 0 amide bonds. The molecule has 1 saturated carbocycles. The highest BCUT2D eigenvalue weighted by molar-refractivity contribution is 7.98. The normalized spacial score (nSPS) is 16.6. The number of hydrogen-bond acceptors (Lipinski definition) is 4. The van der Waals surface area contributed by atoms with Crippen LogP contribution in [-0.2, 0) is 5.75 Å². The van der Waals surface area contributed by atoms with Crippen LogP contribution in [0, 0.1) is 5.92 Å². The van der Waals surface area contributed by atoms with Crippen LogP contribution in [0.5, 0.6) is 5.75 Å². The molecule has 1 aromatic rings. The molecule has 1 fully saturated rings. The highest BCUT2D eigenvalue weighted by Gasteiger charge is 2.15. The Morgan fingerprint density at radius 1 is 1.45 bits per heavy atom. The molecule has 3 N–H and O–H groups in total. The van der Waals surface area contributed by atoms with E-state index >= 15 is 0 Å². The van der Waals surface area contributed by atoms with Crippen molar-refractivity contribution in [3.8, 4) is 5.75 Å². The number of nitrogens with zero attached hydrogens (tertiary/aromatic N) is 1. The molecule has 4 nitrogen and oxygen atoms in total. The van der Waals surface area contributed by atoms with Crippen LogP contribution >= 0.6 is 11.8 Å². The molecule has 2 rings (SSSR count). The Hall–Kier alpha value is -1.36. The fraction of sp³-hybridized carbons (Fsp3) is 0.533. The molecule has 0 spiro atoms. The third-order valence-electron chi connectivity index (χ3n) is 3.74. The van der Waals surface area contributed by atoms with Gasteiger partial charge >= 0.3 is 0 Å². The first kappa shape index (κ1) is 15.0. The fourth-order valence-electron chi connectivity index (χ4n) is 2.62. The summed E-state index contributed by atoms with van der Waals surface area (Å²) in [5.41, 5.74) is 7.50. The second kappa shape index (κ2) is 7.43. The Labute approximate surface area is 124 Å². The molecule has 1 aliphatic rings. The van der Waals surface area contributed by atoms with Crippen molar-refractivity contribution in [3.63, 3.8) is 0 Å². The maximum absolute atomic E-state index is 8.82. The van der Waals surface area contributed by atoms with Gasteiger partial charge in [-0.1, -0.05) is 24.1 Å². The van der Waals surface area contributed by atoms with Crippen LogP contribution in [0.2, 0.25) is 0 Å². The van der Waals surface area contributed by atoms with Crippen molar-refractivity contribution in [2.45, 2.75) is 31.4 Å². The van der Waals surface area contributed by atoms with Crippen molar-refractivity contribution in [1.29, 1.82) is 0 Å². The molecule has 1 aromatic carbocycles. The lowest BCUT2D eigenvalue weighted by Crippen LogP contribution is -2.14. The average molecular weight is 294 g/mol. The van der Waals surface area contributed by atoms with Gasteiger partial charge < -0.3 is 15.7 Å². The van der Waals surface area contributed by atoms with E-state index < -0.39 is 0 Å². The molecule has 0 radical (unpaired) electrons. The molecular weight excluding hydrogens is 272 g/mol. The molecule has 0 saturated heterocycles. The van der Waals surface area contributed by atoms with E-state index in [0.717, 1.165) is 11.7 Å². The minimum atomic E-state index is 0.0875. The summed E-state index contributed by atoms with van der Waals surface area (Å²) in [5.74, 6) is 3.79. The first-order chi connectivity index (χ1) is 9.74. The highest BCUT2D eigenvalue weighted by atomic mass is 32.2. The monoisotopic (exact) mass is 294 g/mol. The van der Waals surface area contributed by atoms with Gasteiger partial charge in [0.1, 0.15) is 5.75 Å². The minimum Gasteiger partial charge on any atom is -0.496 e. The lowest BCUT2D eigenvalue weighted by molar-refractivity contribution is 0.318. The van der Waals surface area contributed by atoms with E-state index in [2.05, 4.69) is 5.16 Å². The number of benzene rings is 1. The summed E-state index contributed by atoms with van der Waals surface area (Å²) in [7, 11) is 1.58. The van der Waals surface area contributed by atoms with Crippen molar-refractivity contribution in [1.82, 2.24) is 0 Å². The van der Waals surface area contributed by atoms with Gasteiger partial charge in [-0.2, -0.15) is 11.8 Å². The van der Waals surface area contributed by atoms with Crippen molar-refractivity contribution >= 4 is 17.6 Å². The third kappa shape index (κ3) is 3.82. The zero-order chi connectivity index (χ0) is 14.4. The number of rotatable bonds is 6. The Morgan fingerprint density at radius 3 is 2.85 bits per heavy atom. The number of hydrogen-bond donors (Lipinski definition) is 2. The van der Waals surface area contributed by atoms with Gasteiger partial charge in [-0.15, -0.1) is 0 Å². The average Bonchev–Trinajstić information content (AvgIpc) is 2.99. The van der Waals surface area contributed by atoms with Gasteiger partial charge in [-0.05, 0) is 42.2 Å². The molecule has 110 valence electrons. The number of ether oxygens (including phenoxy) is 1. The van der Waals surface area contributed by atoms with Gasteiger partial charge in [0.2, 0.25) is 0 Å². The summed E-state index contributed by atoms with van der Waals surface area (Å²) in [5, 5.41) is 11.9. The molecule has 0 aromatic heterocycles. The van der Waals surface area contributed by atoms with Crippen LogP contribution in [0.1, 0.15) is 36.8 Å². The second-order valence-corrected chi connectivity index (χ2v) is 6.22. The largest absolute Gasteiger partial charge is 0.496 e. The van der Waals surface area contributed by atoms with E-state index in [0.29, 0.717) is 11.3 Å². The van der Waals surface area contributed by atoms with Gasteiger partial charge in [-0.25, -0.2) is 0 Å². The van der Waals surface area contributed by atoms with Gasteiger partial charge in [0.15, 0.2) is 5.84 Å². The van der Waals surface area contributed by atoms with Crippen LogP contribution < -0.4 is 10.5 Å². The minimum absolute atomic E-state index is 0.0875. The van der Waals surface area contributed by atoms with E-state index in [4.69, 9.17) is 15.7 Å². The second-order valence-electron chi connectivity index (χ2n) is 5.19. The van der Waals surface area contributed by atoms with Crippen LogP contribution in [-0.4, -0.2) is 23.9 Å². The van der Waals surface area contributed by atoms with Gasteiger partial charge in [-0.3, -0.25) is 0 Å². The molecule has 0 atom stereocenters. The van der Waals surface area contributed by atoms with E-state index in [1.165, 1.54) is 37.0 Å². The summed E-state index contributed by atoms with van der Waals surface area (Å²) in [4.78, 5) is 0. The van der Waals surface area contributed by atoms with Crippen molar-refractivity contribution in [3.05, 3.63) is 29.3 Å². The SMILES string of the molecule is COc1ccc(CSCC2CCCC2)cc1C(N)=NO. The number of oxime groups is 1. The topological polar surface area (TPSA) is 67.8 Å². The number of nitrogens with two attached hydrogens (primary N) is 1. The number of methoxy groups -OCH3 is 1.